The normalized spacial score (nSPS) is 16.7. The highest BCUT2D eigenvalue weighted by molar-refractivity contribution is 7.21. The predicted molar refractivity (Wildman–Crippen MR) is 127 cm³/mol. The van der Waals surface area contributed by atoms with Crippen LogP contribution >= 0.6 is 22.7 Å². The van der Waals surface area contributed by atoms with Crippen molar-refractivity contribution in [2.24, 2.45) is 11.3 Å². The van der Waals surface area contributed by atoms with E-state index >= 15 is 0 Å². The molecule has 31 heavy (non-hydrogen) atoms. The second kappa shape index (κ2) is 8.11. The maximum absolute atomic E-state index is 13.0. The Morgan fingerprint density at radius 1 is 1.26 bits per heavy atom. The van der Waals surface area contributed by atoms with Crippen molar-refractivity contribution in [2.75, 3.05) is 19.4 Å². The minimum Gasteiger partial charge on any atom is -0.309 e. The maximum Gasteiger partial charge on any atom is 0.267 e. The average molecular weight is 460 g/mol. The molecule has 0 fully saturated rings. The summed E-state index contributed by atoms with van der Waals surface area (Å²) in [5.41, 5.74) is 1.84. The van der Waals surface area contributed by atoms with E-state index in [0.29, 0.717) is 44.1 Å². The van der Waals surface area contributed by atoms with Crippen LogP contribution in [0.5, 0.6) is 0 Å². The first-order valence-corrected chi connectivity index (χ1v) is 12.1. The van der Waals surface area contributed by atoms with Crippen LogP contribution in [0.1, 0.15) is 58.8 Å². The van der Waals surface area contributed by atoms with Gasteiger partial charge in [-0.2, -0.15) is 0 Å². The van der Waals surface area contributed by atoms with Gasteiger partial charge in [0.15, 0.2) is 5.13 Å². The Labute approximate surface area is 189 Å². The van der Waals surface area contributed by atoms with E-state index in [4.69, 9.17) is 0 Å². The molecule has 2 N–H and O–H groups in total. The SMILES string of the molecule is Cc1c(C(=O)Nc2nc3c(s2)CC(C(C)(C)C)CC3)sc2nc(CN(C)C)[nH]c(=O)c12. The zero-order valence-corrected chi connectivity index (χ0v) is 20.5. The van der Waals surface area contributed by atoms with E-state index in [2.05, 4.69) is 41.0 Å². The quantitative estimate of drug-likeness (QED) is 0.610. The number of thiophene rings is 1. The number of aromatic amines is 1. The van der Waals surface area contributed by atoms with Gasteiger partial charge in [0.25, 0.3) is 11.5 Å². The number of fused-ring (bicyclic) bond motifs is 2. The molecule has 1 aliphatic carbocycles. The zero-order valence-electron chi connectivity index (χ0n) is 18.9. The lowest BCUT2D eigenvalue weighted by molar-refractivity contribution is 0.103. The lowest BCUT2D eigenvalue weighted by Gasteiger charge is -2.33. The topological polar surface area (TPSA) is 91.0 Å². The zero-order chi connectivity index (χ0) is 22.5. The van der Waals surface area contributed by atoms with Crippen molar-refractivity contribution >= 4 is 43.9 Å². The van der Waals surface area contributed by atoms with Crippen molar-refractivity contribution in [2.45, 2.75) is 53.5 Å². The van der Waals surface area contributed by atoms with Gasteiger partial charge < -0.3 is 9.88 Å². The minimum absolute atomic E-state index is 0.201. The number of carbonyl (C=O) groups is 1. The van der Waals surface area contributed by atoms with Crippen LogP contribution in [-0.2, 0) is 19.4 Å². The third-order valence-corrected chi connectivity index (χ3v) is 8.13. The molecule has 1 unspecified atom stereocenters. The minimum atomic E-state index is -0.229. The molecular formula is C22H29N5O2S2. The Bertz CT molecular complexity index is 1200. The molecule has 1 amide bonds. The summed E-state index contributed by atoms with van der Waals surface area (Å²) in [6.45, 7) is 9.20. The number of aromatic nitrogens is 3. The number of thiazole rings is 1. The third-order valence-electron chi connectivity index (χ3n) is 5.91. The molecule has 4 rings (SSSR count). The Morgan fingerprint density at radius 3 is 2.68 bits per heavy atom. The fraction of sp³-hybridized carbons (Fsp3) is 0.545. The van der Waals surface area contributed by atoms with E-state index in [9.17, 15) is 9.59 Å². The maximum atomic E-state index is 13.0. The van der Waals surface area contributed by atoms with Crippen LogP contribution in [0.15, 0.2) is 4.79 Å². The number of carbonyl (C=O) groups excluding carboxylic acids is 1. The number of hydrogen-bond acceptors (Lipinski definition) is 7. The second-order valence-electron chi connectivity index (χ2n) is 9.64. The van der Waals surface area contributed by atoms with Gasteiger partial charge in [-0.15, -0.1) is 22.7 Å². The Kier molecular flexibility index (Phi) is 5.78. The van der Waals surface area contributed by atoms with Gasteiger partial charge in [-0.05, 0) is 57.2 Å². The first-order chi connectivity index (χ1) is 14.5. The van der Waals surface area contributed by atoms with Gasteiger partial charge in [0, 0.05) is 4.88 Å². The largest absolute Gasteiger partial charge is 0.309 e. The number of nitrogens with one attached hydrogen (secondary N) is 2. The number of amides is 1. The van der Waals surface area contributed by atoms with E-state index in [-0.39, 0.29) is 16.9 Å². The van der Waals surface area contributed by atoms with Crippen molar-refractivity contribution in [1.29, 1.82) is 0 Å². The monoisotopic (exact) mass is 459 g/mol. The van der Waals surface area contributed by atoms with E-state index < -0.39 is 0 Å². The van der Waals surface area contributed by atoms with Gasteiger partial charge >= 0.3 is 0 Å². The lowest BCUT2D eigenvalue weighted by atomic mass is 9.73. The number of H-pyrrole nitrogens is 1. The van der Waals surface area contributed by atoms with Crippen LogP contribution in [0.3, 0.4) is 0 Å². The van der Waals surface area contributed by atoms with Crippen molar-refractivity contribution in [3.05, 3.63) is 37.2 Å². The number of rotatable bonds is 4. The van der Waals surface area contributed by atoms with Crippen LogP contribution in [0, 0.1) is 18.3 Å². The molecule has 0 saturated carbocycles. The standard InChI is InChI=1S/C22H29N5O2S2/c1-11-16-18(28)24-15(10-27(5)6)25-20(16)31-17(11)19(29)26-21-23-13-8-7-12(22(2,3)4)9-14(13)30-21/h12H,7-10H2,1-6H3,(H,23,26,29)(H,24,25,28). The summed E-state index contributed by atoms with van der Waals surface area (Å²) >= 11 is 2.84. The summed E-state index contributed by atoms with van der Waals surface area (Å²) in [5.74, 6) is 0.993. The molecule has 0 radical (unpaired) electrons. The molecule has 0 aromatic carbocycles. The highest BCUT2D eigenvalue weighted by Gasteiger charge is 2.31. The molecule has 0 spiro atoms. The van der Waals surface area contributed by atoms with Crippen LogP contribution in [0.25, 0.3) is 10.2 Å². The van der Waals surface area contributed by atoms with E-state index in [1.54, 1.807) is 18.3 Å². The Morgan fingerprint density at radius 2 is 2.00 bits per heavy atom. The van der Waals surface area contributed by atoms with Gasteiger partial charge in [-0.1, -0.05) is 20.8 Å². The molecule has 0 saturated heterocycles. The molecule has 1 aliphatic rings. The number of anilines is 1. The molecular weight excluding hydrogens is 430 g/mol. The Hall–Kier alpha value is -2.10. The van der Waals surface area contributed by atoms with Crippen molar-refractivity contribution < 1.29 is 4.79 Å². The summed E-state index contributed by atoms with van der Waals surface area (Å²) in [6, 6.07) is 0. The summed E-state index contributed by atoms with van der Waals surface area (Å²) in [5, 5.41) is 4.09. The van der Waals surface area contributed by atoms with Crippen molar-refractivity contribution in [3.63, 3.8) is 0 Å². The number of aryl methyl sites for hydroxylation is 2. The molecule has 3 aromatic heterocycles. The highest BCUT2D eigenvalue weighted by Crippen LogP contribution is 2.40. The van der Waals surface area contributed by atoms with E-state index in [1.165, 1.54) is 16.2 Å². The van der Waals surface area contributed by atoms with Gasteiger partial charge in [-0.3, -0.25) is 14.9 Å². The molecule has 7 nitrogen and oxygen atoms in total. The van der Waals surface area contributed by atoms with E-state index in [0.717, 1.165) is 25.0 Å². The molecule has 1 atom stereocenters. The fourth-order valence-electron chi connectivity index (χ4n) is 4.10. The second-order valence-corrected chi connectivity index (χ2v) is 11.7. The third kappa shape index (κ3) is 4.44. The number of hydrogen-bond donors (Lipinski definition) is 2. The van der Waals surface area contributed by atoms with Crippen LogP contribution in [0.4, 0.5) is 5.13 Å². The van der Waals surface area contributed by atoms with Crippen molar-refractivity contribution in [1.82, 2.24) is 19.9 Å². The molecule has 3 aromatic rings. The van der Waals surface area contributed by atoms with E-state index in [1.807, 2.05) is 19.0 Å². The molecule has 0 aliphatic heterocycles. The number of nitrogens with zero attached hydrogens (tertiary/aromatic N) is 3. The molecule has 3 heterocycles. The van der Waals surface area contributed by atoms with Crippen LogP contribution < -0.4 is 10.9 Å². The van der Waals surface area contributed by atoms with Crippen LogP contribution in [-0.4, -0.2) is 39.9 Å². The van der Waals surface area contributed by atoms with Crippen LogP contribution in [0.2, 0.25) is 0 Å². The van der Waals surface area contributed by atoms with Gasteiger partial charge in [-0.25, -0.2) is 9.97 Å². The fourth-order valence-corrected chi connectivity index (χ4v) is 6.28. The summed E-state index contributed by atoms with van der Waals surface area (Å²) in [4.78, 5) is 42.0. The summed E-state index contributed by atoms with van der Waals surface area (Å²) < 4.78 is 0. The summed E-state index contributed by atoms with van der Waals surface area (Å²) in [7, 11) is 3.83. The molecule has 0 bridgehead atoms. The highest BCUT2D eigenvalue weighted by atomic mass is 32.1. The molecule has 166 valence electrons. The first kappa shape index (κ1) is 22.1. The van der Waals surface area contributed by atoms with Gasteiger partial charge in [0.05, 0.1) is 22.5 Å². The molecule has 9 heteroatoms. The Balaban J connectivity index is 1.58. The van der Waals surface area contributed by atoms with Crippen molar-refractivity contribution in [3.8, 4) is 0 Å². The summed E-state index contributed by atoms with van der Waals surface area (Å²) in [6.07, 6.45) is 3.11. The smallest absolute Gasteiger partial charge is 0.267 e. The van der Waals surface area contributed by atoms with Gasteiger partial charge in [0.2, 0.25) is 0 Å². The first-order valence-electron chi connectivity index (χ1n) is 10.5. The van der Waals surface area contributed by atoms with Gasteiger partial charge in [0.1, 0.15) is 10.7 Å². The predicted octanol–water partition coefficient (Wildman–Crippen LogP) is 4.21. The average Bonchev–Trinajstić information content (AvgIpc) is 3.20. The lowest BCUT2D eigenvalue weighted by Crippen LogP contribution is -2.26.